The van der Waals surface area contributed by atoms with Crippen LogP contribution in [-0.2, 0) is 14.3 Å². The number of nitrogens with zero attached hydrogens (tertiary/aromatic N) is 1. The summed E-state index contributed by atoms with van der Waals surface area (Å²) in [4.78, 5) is 14.2. The number of halogens is 1. The predicted octanol–water partition coefficient (Wildman–Crippen LogP) is 1.81. The van der Waals surface area contributed by atoms with E-state index >= 15 is 0 Å². The Labute approximate surface area is 117 Å². The summed E-state index contributed by atoms with van der Waals surface area (Å²) >= 11 is 3.36. The number of rotatable bonds is 4. The van der Waals surface area contributed by atoms with Crippen molar-refractivity contribution in [3.63, 3.8) is 0 Å². The first-order chi connectivity index (χ1) is 8.72. The Hall–Kier alpha value is -0.130. The van der Waals surface area contributed by atoms with Crippen LogP contribution in [0.15, 0.2) is 0 Å². The smallest absolute Gasteiger partial charge is 0.251 e. The summed E-state index contributed by atoms with van der Waals surface area (Å²) in [5, 5.41) is 0.875. The molecule has 2 fully saturated rings. The van der Waals surface area contributed by atoms with Gasteiger partial charge < -0.3 is 14.4 Å². The lowest BCUT2D eigenvalue weighted by molar-refractivity contribution is -0.145. The Kier molecular flexibility index (Phi) is 5.45. The minimum Gasteiger partial charge on any atom is -0.377 e. The highest BCUT2D eigenvalue weighted by Crippen LogP contribution is 2.24. The van der Waals surface area contributed by atoms with Crippen LogP contribution in [0.4, 0.5) is 0 Å². The lowest BCUT2D eigenvalue weighted by Crippen LogP contribution is -2.46. The van der Waals surface area contributed by atoms with Crippen LogP contribution < -0.4 is 0 Å². The summed E-state index contributed by atoms with van der Waals surface area (Å²) < 4.78 is 11.2. The van der Waals surface area contributed by atoms with Gasteiger partial charge in [0.1, 0.15) is 6.10 Å². The lowest BCUT2D eigenvalue weighted by Gasteiger charge is -2.33. The Morgan fingerprint density at radius 3 is 2.67 bits per heavy atom. The monoisotopic (exact) mass is 319 g/mol. The third-order valence-corrected chi connectivity index (χ3v) is 4.14. The van der Waals surface area contributed by atoms with Gasteiger partial charge in [0.25, 0.3) is 5.91 Å². The van der Waals surface area contributed by atoms with Crippen LogP contribution in [0, 0.1) is 5.92 Å². The van der Waals surface area contributed by atoms with Gasteiger partial charge in [-0.05, 0) is 25.2 Å². The molecule has 0 aromatic carbocycles. The van der Waals surface area contributed by atoms with Gasteiger partial charge in [-0.25, -0.2) is 0 Å². The Morgan fingerprint density at radius 1 is 1.39 bits per heavy atom. The van der Waals surface area contributed by atoms with Gasteiger partial charge >= 0.3 is 0 Å². The zero-order chi connectivity index (χ0) is 13.0. The normalized spacial score (nSPS) is 29.8. The van der Waals surface area contributed by atoms with Gasteiger partial charge in [0.05, 0.1) is 12.7 Å². The molecule has 2 saturated heterocycles. The number of likely N-dealkylation sites (tertiary alicyclic amines) is 1. The SMILES string of the molecule is CC1CCOC1C(=O)N1CCC(OCCBr)CC1. The van der Waals surface area contributed by atoms with Crippen LogP contribution in [0.25, 0.3) is 0 Å². The van der Waals surface area contributed by atoms with Crippen molar-refractivity contribution in [1.29, 1.82) is 0 Å². The highest BCUT2D eigenvalue weighted by molar-refractivity contribution is 9.09. The Balaban J connectivity index is 1.77. The largest absolute Gasteiger partial charge is 0.377 e. The average Bonchev–Trinajstić information content (AvgIpc) is 2.82. The maximum Gasteiger partial charge on any atom is 0.251 e. The molecule has 0 bridgehead atoms. The molecule has 0 N–H and O–H groups in total. The molecule has 5 heteroatoms. The molecular formula is C13H22BrNO3. The van der Waals surface area contributed by atoms with Gasteiger partial charge in [0.2, 0.25) is 0 Å². The van der Waals surface area contributed by atoms with Crippen LogP contribution in [0.5, 0.6) is 0 Å². The van der Waals surface area contributed by atoms with E-state index in [0.29, 0.717) is 12.0 Å². The van der Waals surface area contributed by atoms with Crippen molar-refractivity contribution in [3.05, 3.63) is 0 Å². The first kappa shape index (κ1) is 14.3. The molecule has 18 heavy (non-hydrogen) atoms. The molecule has 0 aromatic heterocycles. The number of piperidine rings is 1. The number of ether oxygens (including phenoxy) is 2. The Morgan fingerprint density at radius 2 is 2.11 bits per heavy atom. The summed E-state index contributed by atoms with van der Waals surface area (Å²) in [7, 11) is 0. The molecule has 2 aliphatic rings. The fourth-order valence-electron chi connectivity index (χ4n) is 2.65. The fourth-order valence-corrected chi connectivity index (χ4v) is 2.83. The zero-order valence-electron chi connectivity index (χ0n) is 10.9. The molecule has 4 nitrogen and oxygen atoms in total. The zero-order valence-corrected chi connectivity index (χ0v) is 12.5. The maximum atomic E-state index is 12.3. The fraction of sp³-hybridized carbons (Fsp3) is 0.923. The minimum absolute atomic E-state index is 0.180. The highest BCUT2D eigenvalue weighted by atomic mass is 79.9. The molecule has 0 saturated carbocycles. The van der Waals surface area contributed by atoms with Gasteiger partial charge in [-0.1, -0.05) is 22.9 Å². The molecule has 1 amide bonds. The van der Waals surface area contributed by atoms with Gasteiger partial charge in [-0.2, -0.15) is 0 Å². The quantitative estimate of drug-likeness (QED) is 0.742. The summed E-state index contributed by atoms with van der Waals surface area (Å²) in [6, 6.07) is 0. The van der Waals surface area contributed by atoms with Crippen molar-refractivity contribution in [3.8, 4) is 0 Å². The maximum absolute atomic E-state index is 12.3. The second kappa shape index (κ2) is 6.87. The van der Waals surface area contributed by atoms with Gasteiger partial charge in [0, 0.05) is 25.0 Å². The van der Waals surface area contributed by atoms with Gasteiger partial charge in [-0.3, -0.25) is 4.79 Å². The third-order valence-electron chi connectivity index (χ3n) is 3.82. The summed E-state index contributed by atoms with van der Waals surface area (Å²) in [5.41, 5.74) is 0. The molecule has 2 rings (SSSR count). The summed E-state index contributed by atoms with van der Waals surface area (Å²) in [6.07, 6.45) is 3.00. The molecule has 2 heterocycles. The predicted molar refractivity (Wildman–Crippen MR) is 72.9 cm³/mol. The van der Waals surface area contributed by atoms with Crippen molar-refractivity contribution < 1.29 is 14.3 Å². The molecular weight excluding hydrogens is 298 g/mol. The van der Waals surface area contributed by atoms with E-state index in [1.165, 1.54) is 0 Å². The van der Waals surface area contributed by atoms with Gasteiger partial charge in [-0.15, -0.1) is 0 Å². The molecule has 104 valence electrons. The molecule has 0 aromatic rings. The van der Waals surface area contributed by atoms with Crippen LogP contribution in [0.2, 0.25) is 0 Å². The van der Waals surface area contributed by atoms with E-state index in [-0.39, 0.29) is 12.0 Å². The summed E-state index contributed by atoms with van der Waals surface area (Å²) in [6.45, 7) is 5.18. The second-order valence-electron chi connectivity index (χ2n) is 5.14. The third kappa shape index (κ3) is 3.45. The number of hydrogen-bond acceptors (Lipinski definition) is 3. The lowest BCUT2D eigenvalue weighted by atomic mass is 10.0. The molecule has 0 aliphatic carbocycles. The van der Waals surface area contributed by atoms with Crippen LogP contribution >= 0.6 is 15.9 Å². The first-order valence-corrected chi connectivity index (χ1v) is 7.92. The molecule has 2 atom stereocenters. The number of carbonyl (C=O) groups is 1. The van der Waals surface area contributed by atoms with Crippen LogP contribution in [0.1, 0.15) is 26.2 Å². The minimum atomic E-state index is -0.204. The molecule has 2 unspecified atom stereocenters. The van der Waals surface area contributed by atoms with Crippen LogP contribution in [-0.4, -0.2) is 54.6 Å². The van der Waals surface area contributed by atoms with Crippen molar-refractivity contribution in [1.82, 2.24) is 4.90 Å². The van der Waals surface area contributed by atoms with Crippen molar-refractivity contribution in [2.45, 2.75) is 38.4 Å². The molecule has 0 radical (unpaired) electrons. The van der Waals surface area contributed by atoms with E-state index in [1.54, 1.807) is 0 Å². The van der Waals surface area contributed by atoms with E-state index in [1.807, 2.05) is 4.90 Å². The number of carbonyl (C=O) groups excluding carboxylic acids is 1. The van der Waals surface area contributed by atoms with E-state index in [4.69, 9.17) is 9.47 Å². The Bertz CT molecular complexity index is 279. The van der Waals surface area contributed by atoms with E-state index in [0.717, 1.165) is 50.9 Å². The number of alkyl halides is 1. The second-order valence-corrected chi connectivity index (χ2v) is 5.93. The van der Waals surface area contributed by atoms with E-state index < -0.39 is 0 Å². The molecule has 0 spiro atoms. The average molecular weight is 320 g/mol. The van der Waals surface area contributed by atoms with Crippen molar-refractivity contribution in [2.75, 3.05) is 31.6 Å². The highest BCUT2D eigenvalue weighted by Gasteiger charge is 2.35. The van der Waals surface area contributed by atoms with E-state index in [2.05, 4.69) is 22.9 Å². The van der Waals surface area contributed by atoms with Crippen molar-refractivity contribution >= 4 is 21.8 Å². The van der Waals surface area contributed by atoms with Crippen molar-refractivity contribution in [2.24, 2.45) is 5.92 Å². The van der Waals surface area contributed by atoms with Crippen LogP contribution in [0.3, 0.4) is 0 Å². The van der Waals surface area contributed by atoms with Gasteiger partial charge in [0.15, 0.2) is 0 Å². The standard InChI is InChI=1S/C13H22BrNO3/c1-10-4-8-18-12(10)13(16)15-6-2-11(3-7-15)17-9-5-14/h10-12H,2-9H2,1H3. The van der Waals surface area contributed by atoms with E-state index in [9.17, 15) is 4.79 Å². The number of amides is 1. The molecule has 2 aliphatic heterocycles. The number of hydrogen-bond donors (Lipinski definition) is 0. The first-order valence-electron chi connectivity index (χ1n) is 6.80. The summed E-state index contributed by atoms with van der Waals surface area (Å²) in [5.74, 6) is 0.541. The topological polar surface area (TPSA) is 38.8 Å².